The average Bonchev–Trinajstić information content (AvgIpc) is 2.78. The largest absolute Gasteiger partial charge is 0.486 e. The summed E-state index contributed by atoms with van der Waals surface area (Å²) in [6, 6.07) is 15.0. The number of pyridine rings is 2. The van der Waals surface area contributed by atoms with Crippen LogP contribution in [0.4, 0.5) is 5.82 Å². The van der Waals surface area contributed by atoms with Gasteiger partial charge in [-0.05, 0) is 35.9 Å². The van der Waals surface area contributed by atoms with Crippen molar-refractivity contribution in [1.82, 2.24) is 15.3 Å². The van der Waals surface area contributed by atoms with Gasteiger partial charge in [-0.2, -0.15) is 0 Å². The van der Waals surface area contributed by atoms with Crippen LogP contribution in [0.3, 0.4) is 0 Å². The second-order valence-electron chi connectivity index (χ2n) is 6.69. The minimum Gasteiger partial charge on any atom is -0.486 e. The average molecular weight is 390 g/mol. The summed E-state index contributed by atoms with van der Waals surface area (Å²) in [4.78, 5) is 20.7. The molecule has 2 aromatic heterocycles. The standard InChI is InChI=1S/C22H22N4O3/c27-22(24-11-9-18-15-28-19-5-1-2-6-20(19)29-18)17-7-8-21(26-14-17)25-13-16-4-3-10-23-12-16/h1-8,10,12,14,18H,9,11,13,15H2,(H,24,27)(H,25,26)/t18-/m0/s1. The Labute approximate surface area is 169 Å². The zero-order chi connectivity index (χ0) is 19.9. The number of hydrogen-bond acceptors (Lipinski definition) is 6. The van der Waals surface area contributed by atoms with Crippen molar-refractivity contribution in [2.75, 3.05) is 18.5 Å². The van der Waals surface area contributed by atoms with Crippen LogP contribution in [0.2, 0.25) is 0 Å². The summed E-state index contributed by atoms with van der Waals surface area (Å²) in [6.07, 6.45) is 5.69. The molecule has 2 N–H and O–H groups in total. The van der Waals surface area contributed by atoms with E-state index < -0.39 is 0 Å². The van der Waals surface area contributed by atoms with Gasteiger partial charge in [0.05, 0.1) is 5.56 Å². The van der Waals surface area contributed by atoms with Gasteiger partial charge in [0, 0.05) is 38.1 Å². The quantitative estimate of drug-likeness (QED) is 0.645. The van der Waals surface area contributed by atoms with Crippen molar-refractivity contribution in [3.63, 3.8) is 0 Å². The number of aromatic nitrogens is 2. The van der Waals surface area contributed by atoms with Gasteiger partial charge < -0.3 is 20.1 Å². The van der Waals surface area contributed by atoms with E-state index in [-0.39, 0.29) is 12.0 Å². The minimum atomic E-state index is -0.159. The summed E-state index contributed by atoms with van der Waals surface area (Å²) in [5.41, 5.74) is 1.58. The molecule has 0 radical (unpaired) electrons. The maximum atomic E-state index is 12.3. The van der Waals surface area contributed by atoms with E-state index in [4.69, 9.17) is 9.47 Å². The molecule has 0 saturated carbocycles. The number of anilines is 1. The molecule has 0 aliphatic carbocycles. The number of carbonyl (C=O) groups excluding carboxylic acids is 1. The normalized spacial score (nSPS) is 14.8. The van der Waals surface area contributed by atoms with Gasteiger partial charge in [-0.25, -0.2) is 4.98 Å². The summed E-state index contributed by atoms with van der Waals surface area (Å²) in [7, 11) is 0. The van der Waals surface area contributed by atoms with E-state index in [1.165, 1.54) is 0 Å². The van der Waals surface area contributed by atoms with Crippen molar-refractivity contribution >= 4 is 11.7 Å². The Balaban J connectivity index is 1.22. The van der Waals surface area contributed by atoms with E-state index in [0.29, 0.717) is 37.5 Å². The van der Waals surface area contributed by atoms with Crippen molar-refractivity contribution in [2.24, 2.45) is 0 Å². The number of carbonyl (C=O) groups is 1. The van der Waals surface area contributed by atoms with Crippen LogP contribution in [0.15, 0.2) is 67.1 Å². The summed E-state index contributed by atoms with van der Waals surface area (Å²) in [5.74, 6) is 2.05. The first kappa shape index (κ1) is 18.7. The van der Waals surface area contributed by atoms with Crippen LogP contribution in [0.5, 0.6) is 11.5 Å². The second-order valence-corrected chi connectivity index (χ2v) is 6.69. The fraction of sp³-hybridized carbons (Fsp3) is 0.227. The summed E-state index contributed by atoms with van der Waals surface area (Å²) < 4.78 is 11.6. The maximum absolute atomic E-state index is 12.3. The van der Waals surface area contributed by atoms with Gasteiger partial charge in [0.15, 0.2) is 11.5 Å². The molecule has 7 nitrogen and oxygen atoms in total. The highest BCUT2D eigenvalue weighted by molar-refractivity contribution is 5.94. The molecule has 1 aliphatic rings. The van der Waals surface area contributed by atoms with Gasteiger partial charge in [-0.15, -0.1) is 0 Å². The van der Waals surface area contributed by atoms with Crippen molar-refractivity contribution in [2.45, 2.75) is 19.1 Å². The van der Waals surface area contributed by atoms with Crippen LogP contribution >= 0.6 is 0 Å². The zero-order valence-corrected chi connectivity index (χ0v) is 15.9. The lowest BCUT2D eigenvalue weighted by molar-refractivity contribution is 0.0812. The van der Waals surface area contributed by atoms with Crippen molar-refractivity contribution in [1.29, 1.82) is 0 Å². The smallest absolute Gasteiger partial charge is 0.252 e. The molecule has 0 spiro atoms. The first-order chi connectivity index (χ1) is 14.3. The lowest BCUT2D eigenvalue weighted by Gasteiger charge is -2.26. The molecule has 0 saturated heterocycles. The molecule has 1 aromatic carbocycles. The van der Waals surface area contributed by atoms with Gasteiger partial charge in [0.25, 0.3) is 5.91 Å². The molecule has 1 amide bonds. The molecular weight excluding hydrogens is 368 g/mol. The van der Waals surface area contributed by atoms with Gasteiger partial charge in [0.1, 0.15) is 18.5 Å². The Morgan fingerprint density at radius 2 is 1.97 bits per heavy atom. The zero-order valence-electron chi connectivity index (χ0n) is 15.9. The number of nitrogens with zero attached hydrogens (tertiary/aromatic N) is 2. The van der Waals surface area contributed by atoms with Crippen LogP contribution in [0.1, 0.15) is 22.3 Å². The van der Waals surface area contributed by atoms with E-state index in [0.717, 1.165) is 17.1 Å². The third-order valence-electron chi connectivity index (χ3n) is 4.54. The lowest BCUT2D eigenvalue weighted by Crippen LogP contribution is -2.34. The third kappa shape index (κ3) is 5.01. The van der Waals surface area contributed by atoms with Crippen molar-refractivity contribution < 1.29 is 14.3 Å². The number of amides is 1. The Hall–Kier alpha value is -3.61. The highest BCUT2D eigenvalue weighted by atomic mass is 16.6. The summed E-state index contributed by atoms with van der Waals surface area (Å²) in [6.45, 7) is 1.60. The molecule has 1 aliphatic heterocycles. The molecule has 0 bridgehead atoms. The highest BCUT2D eigenvalue weighted by Crippen LogP contribution is 2.31. The van der Waals surface area contributed by atoms with Gasteiger partial charge >= 0.3 is 0 Å². The first-order valence-corrected chi connectivity index (χ1v) is 9.53. The molecular formula is C22H22N4O3. The van der Waals surface area contributed by atoms with E-state index in [1.807, 2.05) is 36.4 Å². The van der Waals surface area contributed by atoms with Crippen molar-refractivity contribution in [3.05, 3.63) is 78.2 Å². The molecule has 4 rings (SSSR count). The number of benzene rings is 1. The van der Waals surface area contributed by atoms with Crippen LogP contribution in [0.25, 0.3) is 0 Å². The maximum Gasteiger partial charge on any atom is 0.252 e. The number of fused-ring (bicyclic) bond motifs is 1. The Kier molecular flexibility index (Phi) is 5.85. The molecule has 29 heavy (non-hydrogen) atoms. The van der Waals surface area contributed by atoms with E-state index >= 15 is 0 Å². The Morgan fingerprint density at radius 1 is 1.07 bits per heavy atom. The number of para-hydroxylation sites is 2. The molecule has 0 fully saturated rings. The molecule has 3 heterocycles. The fourth-order valence-corrected chi connectivity index (χ4v) is 2.98. The minimum absolute atomic E-state index is 0.0811. The molecule has 1 atom stereocenters. The third-order valence-corrected chi connectivity index (χ3v) is 4.54. The molecule has 0 unspecified atom stereocenters. The SMILES string of the molecule is O=C(NCC[C@H]1COc2ccccc2O1)c1ccc(NCc2cccnc2)nc1. The summed E-state index contributed by atoms with van der Waals surface area (Å²) in [5, 5.41) is 6.11. The van der Waals surface area contributed by atoms with Crippen LogP contribution in [-0.4, -0.2) is 35.1 Å². The Bertz CT molecular complexity index is 948. The lowest BCUT2D eigenvalue weighted by atomic mass is 10.2. The topological polar surface area (TPSA) is 85.4 Å². The second kappa shape index (κ2) is 9.05. The van der Waals surface area contributed by atoms with Crippen LogP contribution < -0.4 is 20.1 Å². The number of rotatable bonds is 7. The highest BCUT2D eigenvalue weighted by Gasteiger charge is 2.20. The van der Waals surface area contributed by atoms with Gasteiger partial charge in [-0.3, -0.25) is 9.78 Å². The van der Waals surface area contributed by atoms with Gasteiger partial charge in [-0.1, -0.05) is 18.2 Å². The predicted molar refractivity (Wildman–Crippen MR) is 109 cm³/mol. The first-order valence-electron chi connectivity index (χ1n) is 9.53. The van der Waals surface area contributed by atoms with Gasteiger partial charge in [0.2, 0.25) is 0 Å². The summed E-state index contributed by atoms with van der Waals surface area (Å²) >= 11 is 0. The monoisotopic (exact) mass is 390 g/mol. The van der Waals surface area contributed by atoms with E-state index in [2.05, 4.69) is 20.6 Å². The number of hydrogen-bond donors (Lipinski definition) is 2. The van der Waals surface area contributed by atoms with Crippen molar-refractivity contribution in [3.8, 4) is 11.5 Å². The molecule has 3 aromatic rings. The van der Waals surface area contributed by atoms with Crippen LogP contribution in [-0.2, 0) is 6.54 Å². The van der Waals surface area contributed by atoms with E-state index in [1.54, 1.807) is 30.7 Å². The fourth-order valence-electron chi connectivity index (χ4n) is 2.98. The number of nitrogens with one attached hydrogen (secondary N) is 2. The number of ether oxygens (including phenoxy) is 2. The van der Waals surface area contributed by atoms with Crippen LogP contribution in [0, 0.1) is 0 Å². The predicted octanol–water partition coefficient (Wildman–Crippen LogP) is 3.05. The Morgan fingerprint density at radius 3 is 2.76 bits per heavy atom. The molecule has 7 heteroatoms. The molecule has 148 valence electrons. The van der Waals surface area contributed by atoms with E-state index in [9.17, 15) is 4.79 Å².